The van der Waals surface area contributed by atoms with Crippen LogP contribution in [0.4, 0.5) is 0 Å². The maximum atomic E-state index is 12.1. The molecule has 1 aromatic carbocycles. The summed E-state index contributed by atoms with van der Waals surface area (Å²) in [5.41, 5.74) is 0.757. The average molecular weight is 369 g/mol. The molecule has 19 heavy (non-hydrogen) atoms. The highest BCUT2D eigenvalue weighted by Gasteiger charge is 2.11. The van der Waals surface area contributed by atoms with E-state index in [1.54, 1.807) is 6.20 Å². The van der Waals surface area contributed by atoms with Crippen LogP contribution >= 0.6 is 22.6 Å². The fourth-order valence-corrected chi connectivity index (χ4v) is 2.18. The molecule has 2 aromatic rings. The van der Waals surface area contributed by atoms with Gasteiger partial charge in [-0.3, -0.25) is 9.69 Å². The zero-order valence-corrected chi connectivity index (χ0v) is 13.2. The summed E-state index contributed by atoms with van der Waals surface area (Å²) in [6.45, 7) is 1.06. The zero-order valence-electron chi connectivity index (χ0n) is 11.0. The fraction of sp³-hybridized carbons (Fsp3) is 0.286. The molecule has 1 heterocycles. The van der Waals surface area contributed by atoms with Crippen molar-refractivity contribution >= 4 is 28.4 Å². The molecular formula is C14H16IN3O. The van der Waals surface area contributed by atoms with Crippen LogP contribution in [0, 0.1) is 3.57 Å². The first kappa shape index (κ1) is 14.2. The lowest BCUT2D eigenvalue weighted by Crippen LogP contribution is -2.26. The first-order valence-electron chi connectivity index (χ1n) is 6.00. The third-order valence-electron chi connectivity index (χ3n) is 2.91. The van der Waals surface area contributed by atoms with Crippen molar-refractivity contribution in [1.29, 1.82) is 0 Å². The maximum absolute atomic E-state index is 12.1. The molecule has 0 aliphatic heterocycles. The predicted molar refractivity (Wildman–Crippen MR) is 83.0 cm³/mol. The van der Waals surface area contributed by atoms with Gasteiger partial charge < -0.3 is 4.57 Å². The molecule has 0 radical (unpaired) electrons. The van der Waals surface area contributed by atoms with E-state index in [1.807, 2.05) is 54.0 Å². The van der Waals surface area contributed by atoms with E-state index < -0.39 is 0 Å². The lowest BCUT2D eigenvalue weighted by molar-refractivity contribution is 0.0941. The molecule has 0 saturated carbocycles. The lowest BCUT2D eigenvalue weighted by atomic mass is 10.1. The summed E-state index contributed by atoms with van der Waals surface area (Å²) in [6.07, 6.45) is 3.67. The molecule has 2 rings (SSSR count). The molecule has 0 amide bonds. The predicted octanol–water partition coefficient (Wildman–Crippen LogP) is 2.34. The van der Waals surface area contributed by atoms with Gasteiger partial charge in [-0.2, -0.15) is 0 Å². The van der Waals surface area contributed by atoms with E-state index in [1.165, 1.54) is 0 Å². The topological polar surface area (TPSA) is 38.1 Å². The number of nitrogens with zero attached hydrogens (tertiary/aromatic N) is 3. The van der Waals surface area contributed by atoms with Crippen LogP contribution in [0.1, 0.15) is 16.2 Å². The normalized spacial score (nSPS) is 10.9. The quantitative estimate of drug-likeness (QED) is 0.600. The molecule has 100 valence electrons. The van der Waals surface area contributed by atoms with Crippen molar-refractivity contribution in [2.75, 3.05) is 13.6 Å². The molecule has 5 heteroatoms. The van der Waals surface area contributed by atoms with Gasteiger partial charge in [0.05, 0.1) is 13.1 Å². The number of carbonyl (C=O) groups excluding carboxylic acids is 1. The van der Waals surface area contributed by atoms with Gasteiger partial charge in [0.2, 0.25) is 0 Å². The molecule has 0 saturated heterocycles. The van der Waals surface area contributed by atoms with Gasteiger partial charge in [-0.25, -0.2) is 4.98 Å². The van der Waals surface area contributed by atoms with Crippen molar-refractivity contribution in [1.82, 2.24) is 14.5 Å². The summed E-state index contributed by atoms with van der Waals surface area (Å²) < 4.78 is 3.10. The van der Waals surface area contributed by atoms with Crippen LogP contribution in [0.15, 0.2) is 36.7 Å². The number of carbonyl (C=O) groups is 1. The third-order valence-corrected chi connectivity index (χ3v) is 3.63. The smallest absolute Gasteiger partial charge is 0.176 e. The van der Waals surface area contributed by atoms with Gasteiger partial charge >= 0.3 is 0 Å². The standard InChI is InChI=1S/C14H16IN3O/c1-17(10-14-16-7-8-18(14)2)9-13(19)11-3-5-12(15)6-4-11/h3-8H,9-10H2,1-2H3. The Hall–Kier alpha value is -1.21. The first-order valence-corrected chi connectivity index (χ1v) is 7.07. The van der Waals surface area contributed by atoms with Crippen LogP contribution in [-0.4, -0.2) is 33.8 Å². The second kappa shape index (κ2) is 6.29. The molecule has 0 N–H and O–H groups in total. The maximum Gasteiger partial charge on any atom is 0.176 e. The minimum absolute atomic E-state index is 0.133. The largest absolute Gasteiger partial charge is 0.337 e. The third kappa shape index (κ3) is 3.87. The molecule has 0 spiro atoms. The van der Waals surface area contributed by atoms with Gasteiger partial charge in [0.15, 0.2) is 5.78 Å². The number of hydrogen-bond acceptors (Lipinski definition) is 3. The molecule has 1 aromatic heterocycles. The molecule has 0 fully saturated rings. The second-order valence-corrected chi connectivity index (χ2v) is 5.80. The minimum Gasteiger partial charge on any atom is -0.337 e. The van der Waals surface area contributed by atoms with Gasteiger partial charge in [0.25, 0.3) is 0 Å². The molecule has 0 bridgehead atoms. The van der Waals surface area contributed by atoms with Crippen molar-refractivity contribution in [2.24, 2.45) is 7.05 Å². The van der Waals surface area contributed by atoms with Crippen LogP contribution in [0.2, 0.25) is 0 Å². The summed E-state index contributed by atoms with van der Waals surface area (Å²) in [4.78, 5) is 18.3. The van der Waals surface area contributed by atoms with Crippen molar-refractivity contribution in [3.8, 4) is 0 Å². The Morgan fingerprint density at radius 1 is 1.37 bits per heavy atom. The van der Waals surface area contributed by atoms with Crippen molar-refractivity contribution < 1.29 is 4.79 Å². The van der Waals surface area contributed by atoms with Crippen LogP contribution in [0.5, 0.6) is 0 Å². The summed E-state index contributed by atoms with van der Waals surface area (Å²) in [6, 6.07) is 7.65. The molecule has 0 atom stereocenters. The Kier molecular flexibility index (Phi) is 4.71. The van der Waals surface area contributed by atoms with Gasteiger partial charge in [-0.05, 0) is 41.8 Å². The van der Waals surface area contributed by atoms with Crippen LogP contribution < -0.4 is 0 Å². The summed E-state index contributed by atoms with van der Waals surface area (Å²) in [7, 11) is 3.89. The highest BCUT2D eigenvalue weighted by Crippen LogP contribution is 2.08. The van der Waals surface area contributed by atoms with Crippen LogP contribution in [-0.2, 0) is 13.6 Å². The van der Waals surface area contributed by atoms with E-state index in [4.69, 9.17) is 0 Å². The SMILES string of the molecule is CN(CC(=O)c1ccc(I)cc1)Cc1nccn1C. The highest BCUT2D eigenvalue weighted by atomic mass is 127. The molecule has 0 aliphatic carbocycles. The molecule has 0 unspecified atom stereocenters. The van der Waals surface area contributed by atoms with Crippen molar-refractivity contribution in [3.05, 3.63) is 51.6 Å². The number of ketones is 1. The summed E-state index contributed by atoms with van der Waals surface area (Å²) in [5, 5.41) is 0. The summed E-state index contributed by atoms with van der Waals surface area (Å²) in [5.74, 6) is 1.09. The molecule has 0 aliphatic rings. The Labute approximate surface area is 126 Å². The lowest BCUT2D eigenvalue weighted by Gasteiger charge is -2.15. The Bertz CT molecular complexity index is 562. The number of aromatic nitrogens is 2. The Morgan fingerprint density at radius 3 is 2.63 bits per heavy atom. The van der Waals surface area contributed by atoms with E-state index >= 15 is 0 Å². The highest BCUT2D eigenvalue weighted by molar-refractivity contribution is 14.1. The number of aryl methyl sites for hydroxylation is 1. The van der Waals surface area contributed by atoms with Gasteiger partial charge in [0.1, 0.15) is 5.82 Å². The van der Waals surface area contributed by atoms with E-state index in [0.29, 0.717) is 13.1 Å². The number of Topliss-reactive ketones (excluding diaryl/α,β-unsaturated/α-hetero) is 1. The number of likely N-dealkylation sites (N-methyl/N-ethyl adjacent to an activating group) is 1. The van der Waals surface area contributed by atoms with Crippen molar-refractivity contribution in [3.63, 3.8) is 0 Å². The van der Waals surface area contributed by atoms with Crippen LogP contribution in [0.25, 0.3) is 0 Å². The number of halogens is 1. The molecular weight excluding hydrogens is 353 g/mol. The van der Waals surface area contributed by atoms with Gasteiger partial charge in [-0.15, -0.1) is 0 Å². The zero-order chi connectivity index (χ0) is 13.8. The Morgan fingerprint density at radius 2 is 2.05 bits per heavy atom. The van der Waals surface area contributed by atoms with Gasteiger partial charge in [0, 0.05) is 28.6 Å². The van der Waals surface area contributed by atoms with E-state index in [-0.39, 0.29) is 5.78 Å². The van der Waals surface area contributed by atoms with E-state index in [2.05, 4.69) is 27.6 Å². The fourth-order valence-electron chi connectivity index (χ4n) is 1.82. The number of hydrogen-bond donors (Lipinski definition) is 0. The van der Waals surface area contributed by atoms with Crippen molar-refractivity contribution in [2.45, 2.75) is 6.54 Å². The number of benzene rings is 1. The monoisotopic (exact) mass is 369 g/mol. The second-order valence-electron chi connectivity index (χ2n) is 4.56. The first-order chi connectivity index (χ1) is 9.06. The van der Waals surface area contributed by atoms with E-state index in [0.717, 1.165) is 15.0 Å². The summed E-state index contributed by atoms with van der Waals surface area (Å²) >= 11 is 2.23. The molecule has 4 nitrogen and oxygen atoms in total. The minimum atomic E-state index is 0.133. The number of rotatable bonds is 5. The average Bonchev–Trinajstić information content (AvgIpc) is 2.75. The van der Waals surface area contributed by atoms with Gasteiger partial charge in [-0.1, -0.05) is 12.1 Å². The van der Waals surface area contributed by atoms with Crippen LogP contribution in [0.3, 0.4) is 0 Å². The van der Waals surface area contributed by atoms with E-state index in [9.17, 15) is 4.79 Å². The Balaban J connectivity index is 1.95. The number of imidazole rings is 1.